The van der Waals surface area contributed by atoms with Crippen molar-refractivity contribution in [3.8, 4) is 5.82 Å². The highest BCUT2D eigenvalue weighted by atomic mass is 127. The van der Waals surface area contributed by atoms with Gasteiger partial charge in [-0.1, -0.05) is 6.07 Å². The van der Waals surface area contributed by atoms with E-state index >= 15 is 0 Å². The van der Waals surface area contributed by atoms with Gasteiger partial charge in [0.1, 0.15) is 26.8 Å². The van der Waals surface area contributed by atoms with Gasteiger partial charge >= 0.3 is 0 Å². The Bertz CT molecular complexity index is 1180. The van der Waals surface area contributed by atoms with Crippen molar-refractivity contribution in [3.05, 3.63) is 63.0 Å². The van der Waals surface area contributed by atoms with Gasteiger partial charge in [0.25, 0.3) is 0 Å². The highest BCUT2D eigenvalue weighted by molar-refractivity contribution is 14.1. The maximum absolute atomic E-state index is 4.85. The molecule has 0 amide bonds. The standard InChI is InChI=1S/C19H18IN7/c1-10-22-15(9-17(23-10)27-12(3)21-11(2)25-27)13-8-14(13)18-19(20)26-7-5-4-6-16(26)24-18/h4-7,9,13-14H,8H2,1-3H3/t13?,14-/m1/s1. The number of rotatable bonds is 3. The van der Waals surface area contributed by atoms with E-state index in [1.54, 1.807) is 4.68 Å². The Balaban J connectivity index is 1.51. The van der Waals surface area contributed by atoms with Crippen LogP contribution in [0.2, 0.25) is 0 Å². The van der Waals surface area contributed by atoms with Crippen LogP contribution in [0.3, 0.4) is 0 Å². The molecule has 4 heterocycles. The fraction of sp³-hybridized carbons (Fsp3) is 0.316. The van der Waals surface area contributed by atoms with E-state index in [2.05, 4.69) is 48.3 Å². The van der Waals surface area contributed by atoms with E-state index < -0.39 is 0 Å². The third-order valence-electron chi connectivity index (χ3n) is 4.95. The minimum absolute atomic E-state index is 0.369. The monoisotopic (exact) mass is 471 g/mol. The van der Waals surface area contributed by atoms with Gasteiger partial charge in [-0.3, -0.25) is 4.40 Å². The van der Waals surface area contributed by atoms with Gasteiger partial charge < -0.3 is 0 Å². The summed E-state index contributed by atoms with van der Waals surface area (Å²) in [5.74, 6) is 3.88. The lowest BCUT2D eigenvalue weighted by atomic mass is 10.2. The molecule has 136 valence electrons. The van der Waals surface area contributed by atoms with Crippen LogP contribution in [0.4, 0.5) is 0 Å². The Kier molecular flexibility index (Phi) is 3.78. The predicted octanol–water partition coefficient (Wildman–Crippen LogP) is 3.51. The summed E-state index contributed by atoms with van der Waals surface area (Å²) in [4.78, 5) is 18.5. The quantitative estimate of drug-likeness (QED) is 0.428. The van der Waals surface area contributed by atoms with Gasteiger partial charge in [0.2, 0.25) is 0 Å². The maximum atomic E-state index is 4.85. The summed E-state index contributed by atoms with van der Waals surface area (Å²) in [5, 5.41) is 4.46. The first kappa shape index (κ1) is 16.8. The molecule has 0 aliphatic heterocycles. The number of fused-ring (bicyclic) bond motifs is 1. The summed E-state index contributed by atoms with van der Waals surface area (Å²) in [6.07, 6.45) is 3.12. The van der Waals surface area contributed by atoms with Crippen LogP contribution in [0, 0.1) is 24.5 Å². The first-order chi connectivity index (χ1) is 13.0. The van der Waals surface area contributed by atoms with E-state index in [1.165, 1.54) is 3.70 Å². The van der Waals surface area contributed by atoms with Crippen molar-refractivity contribution in [2.24, 2.45) is 0 Å². The molecular weight excluding hydrogens is 453 g/mol. The van der Waals surface area contributed by atoms with Crippen LogP contribution < -0.4 is 0 Å². The van der Waals surface area contributed by atoms with Crippen LogP contribution in [-0.2, 0) is 0 Å². The molecule has 1 aliphatic rings. The maximum Gasteiger partial charge on any atom is 0.159 e. The molecule has 1 aliphatic carbocycles. The van der Waals surface area contributed by atoms with Gasteiger partial charge in [-0.15, -0.1) is 5.10 Å². The van der Waals surface area contributed by atoms with Crippen LogP contribution in [0.15, 0.2) is 30.5 Å². The Morgan fingerprint density at radius 3 is 2.59 bits per heavy atom. The number of pyridine rings is 1. The smallest absolute Gasteiger partial charge is 0.159 e. The number of hydrogen-bond donors (Lipinski definition) is 0. The SMILES string of the molecule is Cc1nc(C2C[C@H]2c2nc3ccccn3c2I)cc(-n2nc(C)nc2C)n1. The number of halogens is 1. The average Bonchev–Trinajstić information content (AvgIpc) is 3.27. The van der Waals surface area contributed by atoms with E-state index in [0.29, 0.717) is 11.8 Å². The van der Waals surface area contributed by atoms with Crippen molar-refractivity contribution in [1.29, 1.82) is 0 Å². The molecule has 27 heavy (non-hydrogen) atoms. The number of aromatic nitrogens is 7. The molecule has 8 heteroatoms. The molecule has 0 saturated heterocycles. The van der Waals surface area contributed by atoms with Crippen molar-refractivity contribution in [2.45, 2.75) is 39.0 Å². The lowest BCUT2D eigenvalue weighted by Gasteiger charge is -2.06. The third-order valence-corrected chi connectivity index (χ3v) is 6.03. The van der Waals surface area contributed by atoms with Crippen LogP contribution >= 0.6 is 22.6 Å². The molecule has 0 N–H and O–H groups in total. The molecule has 5 rings (SSSR count). The highest BCUT2D eigenvalue weighted by Gasteiger charge is 2.44. The van der Waals surface area contributed by atoms with E-state index in [9.17, 15) is 0 Å². The molecule has 0 spiro atoms. The van der Waals surface area contributed by atoms with Gasteiger partial charge in [-0.05, 0) is 61.9 Å². The first-order valence-electron chi connectivity index (χ1n) is 8.90. The topological polar surface area (TPSA) is 73.8 Å². The van der Waals surface area contributed by atoms with Crippen molar-refractivity contribution in [3.63, 3.8) is 0 Å². The number of hydrogen-bond acceptors (Lipinski definition) is 5. The van der Waals surface area contributed by atoms with Crippen molar-refractivity contribution < 1.29 is 0 Å². The molecule has 1 unspecified atom stereocenters. The second-order valence-corrected chi connectivity index (χ2v) is 8.00. The Hall–Kier alpha value is -2.36. The molecule has 7 nitrogen and oxygen atoms in total. The van der Waals surface area contributed by atoms with Gasteiger partial charge in [-0.2, -0.15) is 4.68 Å². The number of aryl methyl sites for hydroxylation is 3. The average molecular weight is 471 g/mol. The molecule has 4 aromatic heterocycles. The Labute approximate surface area is 170 Å². The fourth-order valence-corrected chi connectivity index (χ4v) is 4.58. The van der Waals surface area contributed by atoms with Gasteiger partial charge in [0, 0.05) is 24.1 Å². The highest BCUT2D eigenvalue weighted by Crippen LogP contribution is 2.54. The predicted molar refractivity (Wildman–Crippen MR) is 109 cm³/mol. The number of imidazole rings is 1. The summed E-state index contributed by atoms with van der Waals surface area (Å²) < 4.78 is 5.12. The number of nitrogens with zero attached hydrogens (tertiary/aromatic N) is 7. The van der Waals surface area contributed by atoms with Gasteiger partial charge in [-0.25, -0.2) is 19.9 Å². The molecule has 4 aromatic rings. The summed E-state index contributed by atoms with van der Waals surface area (Å²) >= 11 is 2.39. The van der Waals surface area contributed by atoms with Gasteiger partial charge in [0.05, 0.1) is 11.4 Å². The Morgan fingerprint density at radius 1 is 1.00 bits per heavy atom. The van der Waals surface area contributed by atoms with Crippen LogP contribution in [0.5, 0.6) is 0 Å². The zero-order valence-corrected chi connectivity index (χ0v) is 17.4. The van der Waals surface area contributed by atoms with E-state index in [0.717, 1.165) is 46.7 Å². The van der Waals surface area contributed by atoms with Crippen molar-refractivity contribution >= 4 is 28.2 Å². The van der Waals surface area contributed by atoms with Gasteiger partial charge in [0.15, 0.2) is 5.82 Å². The van der Waals surface area contributed by atoms with Crippen molar-refractivity contribution in [1.82, 2.24) is 34.1 Å². The molecule has 0 bridgehead atoms. The van der Waals surface area contributed by atoms with Crippen LogP contribution in [-0.4, -0.2) is 34.1 Å². The van der Waals surface area contributed by atoms with Crippen LogP contribution in [0.1, 0.15) is 47.1 Å². The lowest BCUT2D eigenvalue weighted by molar-refractivity contribution is 0.777. The molecule has 0 aromatic carbocycles. The largest absolute Gasteiger partial charge is 0.295 e. The van der Waals surface area contributed by atoms with E-state index in [-0.39, 0.29) is 0 Å². The minimum Gasteiger partial charge on any atom is -0.295 e. The molecular formula is C19H18IN7. The molecule has 0 radical (unpaired) electrons. The first-order valence-corrected chi connectivity index (χ1v) is 9.98. The van der Waals surface area contributed by atoms with E-state index in [4.69, 9.17) is 9.97 Å². The molecule has 1 fully saturated rings. The van der Waals surface area contributed by atoms with Crippen molar-refractivity contribution in [2.75, 3.05) is 0 Å². The normalized spacial score (nSPS) is 19.0. The Morgan fingerprint density at radius 2 is 1.85 bits per heavy atom. The third kappa shape index (κ3) is 2.82. The second-order valence-electron chi connectivity index (χ2n) is 6.98. The summed E-state index contributed by atoms with van der Waals surface area (Å²) in [7, 11) is 0. The summed E-state index contributed by atoms with van der Waals surface area (Å²) in [5.41, 5.74) is 3.22. The second kappa shape index (κ2) is 6.08. The zero-order chi connectivity index (χ0) is 18.7. The molecule has 1 saturated carbocycles. The summed E-state index contributed by atoms with van der Waals surface area (Å²) in [6, 6.07) is 8.15. The summed E-state index contributed by atoms with van der Waals surface area (Å²) in [6.45, 7) is 5.76. The minimum atomic E-state index is 0.369. The molecule has 2 atom stereocenters. The zero-order valence-electron chi connectivity index (χ0n) is 15.3. The van der Waals surface area contributed by atoms with Crippen LogP contribution in [0.25, 0.3) is 11.5 Å². The lowest BCUT2D eigenvalue weighted by Crippen LogP contribution is -2.06. The fourth-order valence-electron chi connectivity index (χ4n) is 3.65. The van der Waals surface area contributed by atoms with E-state index in [1.807, 2.05) is 45.0 Å².